The van der Waals surface area contributed by atoms with Gasteiger partial charge in [-0.1, -0.05) is 13.3 Å². The number of carbonyl (C=O) groups is 2. The van der Waals surface area contributed by atoms with Crippen LogP contribution in [0.3, 0.4) is 0 Å². The van der Waals surface area contributed by atoms with Gasteiger partial charge in [0.05, 0.1) is 17.9 Å². The van der Waals surface area contributed by atoms with Crippen LogP contribution in [0, 0.1) is 11.3 Å². The van der Waals surface area contributed by atoms with Gasteiger partial charge >= 0.3 is 12.0 Å². The number of nitriles is 1. The molecule has 0 aromatic heterocycles. The molecular weight excluding hydrogens is 278 g/mol. The van der Waals surface area contributed by atoms with E-state index in [0.717, 1.165) is 12.8 Å². The highest BCUT2D eigenvalue weighted by atomic mass is 32.2. The minimum Gasteiger partial charge on any atom is -0.480 e. The average molecular weight is 299 g/mol. The van der Waals surface area contributed by atoms with Crippen LogP contribution in [0.15, 0.2) is 0 Å². The maximum atomic E-state index is 12.5. The third-order valence-electron chi connectivity index (χ3n) is 3.48. The van der Waals surface area contributed by atoms with Crippen molar-refractivity contribution in [2.75, 3.05) is 12.8 Å². The fraction of sp³-hybridized carbons (Fsp3) is 0.769. The normalized spacial score (nSPS) is 23.2. The molecule has 1 N–H and O–H groups in total. The summed E-state index contributed by atoms with van der Waals surface area (Å²) in [6.45, 7) is 3.80. The highest BCUT2D eigenvalue weighted by Crippen LogP contribution is 2.33. The van der Waals surface area contributed by atoms with Crippen LogP contribution in [0.5, 0.6) is 0 Å². The second-order valence-electron chi connectivity index (χ2n) is 4.94. The molecule has 7 heteroatoms. The van der Waals surface area contributed by atoms with E-state index in [0.29, 0.717) is 5.75 Å². The summed E-state index contributed by atoms with van der Waals surface area (Å²) in [5, 5.41) is 17.9. The Kier molecular flexibility index (Phi) is 6.14. The summed E-state index contributed by atoms with van der Waals surface area (Å²) in [7, 11) is 1.62. The van der Waals surface area contributed by atoms with E-state index in [1.54, 1.807) is 14.0 Å². The van der Waals surface area contributed by atoms with E-state index in [1.165, 1.54) is 21.6 Å². The summed E-state index contributed by atoms with van der Waals surface area (Å²) in [5.74, 6) is -0.544. The molecule has 2 amide bonds. The standard InChI is InChI=1S/C13H21N3O3S/c1-4-5-11-16(10(8-20-11)12(17)18)13(19)15(3)9(2)6-7-14/h9-11H,4-6,8H2,1-3H3,(H,17,18). The highest BCUT2D eigenvalue weighted by molar-refractivity contribution is 8.00. The Morgan fingerprint density at radius 2 is 2.25 bits per heavy atom. The Labute approximate surface area is 123 Å². The van der Waals surface area contributed by atoms with Crippen LogP contribution < -0.4 is 0 Å². The van der Waals surface area contributed by atoms with Crippen molar-refractivity contribution in [1.82, 2.24) is 9.80 Å². The van der Waals surface area contributed by atoms with E-state index in [-0.39, 0.29) is 23.9 Å². The summed E-state index contributed by atoms with van der Waals surface area (Å²) in [5.41, 5.74) is 0. The summed E-state index contributed by atoms with van der Waals surface area (Å²) in [6.07, 6.45) is 1.91. The fourth-order valence-electron chi connectivity index (χ4n) is 2.12. The van der Waals surface area contributed by atoms with Gasteiger partial charge in [0.1, 0.15) is 6.04 Å². The third kappa shape index (κ3) is 3.57. The lowest BCUT2D eigenvalue weighted by atomic mass is 10.2. The molecule has 0 spiro atoms. The van der Waals surface area contributed by atoms with Gasteiger partial charge in [-0.25, -0.2) is 9.59 Å². The van der Waals surface area contributed by atoms with E-state index >= 15 is 0 Å². The van der Waals surface area contributed by atoms with Crippen LogP contribution in [-0.4, -0.2) is 57.2 Å². The number of aliphatic carboxylic acids is 1. The lowest BCUT2D eigenvalue weighted by Gasteiger charge is -2.33. The molecule has 3 atom stereocenters. The molecule has 1 saturated heterocycles. The zero-order valence-corrected chi connectivity index (χ0v) is 12.9. The van der Waals surface area contributed by atoms with Gasteiger partial charge in [0.25, 0.3) is 0 Å². The first-order chi connectivity index (χ1) is 9.43. The molecule has 0 aromatic carbocycles. The van der Waals surface area contributed by atoms with E-state index in [4.69, 9.17) is 5.26 Å². The Morgan fingerprint density at radius 3 is 2.75 bits per heavy atom. The summed E-state index contributed by atoms with van der Waals surface area (Å²) in [6, 6.07) is 0.724. The Morgan fingerprint density at radius 1 is 1.60 bits per heavy atom. The first kappa shape index (κ1) is 16.6. The number of carboxylic acid groups (broad SMARTS) is 1. The average Bonchev–Trinajstić information content (AvgIpc) is 2.81. The zero-order valence-electron chi connectivity index (χ0n) is 12.1. The zero-order chi connectivity index (χ0) is 15.3. The van der Waals surface area contributed by atoms with Gasteiger partial charge in [0.2, 0.25) is 0 Å². The molecule has 0 saturated carbocycles. The number of urea groups is 1. The number of carbonyl (C=O) groups excluding carboxylic acids is 1. The minimum absolute atomic E-state index is 0.0923. The molecule has 112 valence electrons. The number of hydrogen-bond acceptors (Lipinski definition) is 4. The number of hydrogen-bond donors (Lipinski definition) is 1. The number of amides is 2. The molecule has 1 aliphatic heterocycles. The van der Waals surface area contributed by atoms with Crippen molar-refractivity contribution >= 4 is 23.8 Å². The third-order valence-corrected chi connectivity index (χ3v) is 4.84. The van der Waals surface area contributed by atoms with E-state index in [9.17, 15) is 14.7 Å². The van der Waals surface area contributed by atoms with Crippen LogP contribution in [0.2, 0.25) is 0 Å². The molecule has 1 heterocycles. The van der Waals surface area contributed by atoms with Crippen molar-refractivity contribution in [2.45, 2.75) is 50.6 Å². The minimum atomic E-state index is -0.967. The number of thioether (sulfide) groups is 1. The summed E-state index contributed by atoms with van der Waals surface area (Å²) < 4.78 is 0. The number of carboxylic acids is 1. The van der Waals surface area contributed by atoms with Crippen LogP contribution in [0.1, 0.15) is 33.1 Å². The Hall–Kier alpha value is -1.42. The van der Waals surface area contributed by atoms with E-state index < -0.39 is 12.0 Å². The molecule has 6 nitrogen and oxygen atoms in total. The lowest BCUT2D eigenvalue weighted by Crippen LogP contribution is -2.52. The first-order valence-electron chi connectivity index (χ1n) is 6.70. The largest absolute Gasteiger partial charge is 0.480 e. The van der Waals surface area contributed by atoms with E-state index in [1.807, 2.05) is 13.0 Å². The van der Waals surface area contributed by atoms with Crippen molar-refractivity contribution in [1.29, 1.82) is 5.26 Å². The van der Waals surface area contributed by atoms with E-state index in [2.05, 4.69) is 0 Å². The van der Waals surface area contributed by atoms with Crippen molar-refractivity contribution in [3.05, 3.63) is 0 Å². The second-order valence-corrected chi connectivity index (χ2v) is 6.15. The first-order valence-corrected chi connectivity index (χ1v) is 7.75. The Bertz CT molecular complexity index is 410. The van der Waals surface area contributed by atoms with Crippen molar-refractivity contribution in [3.63, 3.8) is 0 Å². The van der Waals surface area contributed by atoms with Gasteiger partial charge in [-0.15, -0.1) is 11.8 Å². The maximum Gasteiger partial charge on any atom is 0.327 e. The number of nitrogens with zero attached hydrogens (tertiary/aromatic N) is 3. The summed E-state index contributed by atoms with van der Waals surface area (Å²) in [4.78, 5) is 26.8. The van der Waals surface area contributed by atoms with Crippen LogP contribution in [0.4, 0.5) is 4.79 Å². The SMILES string of the molecule is CCCC1SCC(C(=O)O)N1C(=O)N(C)C(C)CC#N. The van der Waals surface area contributed by atoms with Gasteiger partial charge in [-0.05, 0) is 13.3 Å². The van der Waals surface area contributed by atoms with Crippen molar-refractivity contribution in [2.24, 2.45) is 0 Å². The molecule has 0 bridgehead atoms. The van der Waals surface area contributed by atoms with Gasteiger partial charge in [0.15, 0.2) is 0 Å². The molecule has 1 rings (SSSR count). The summed E-state index contributed by atoms with van der Waals surface area (Å²) >= 11 is 1.51. The van der Waals surface area contributed by atoms with Gasteiger partial charge in [-0.2, -0.15) is 5.26 Å². The Balaban J connectivity index is 2.88. The monoisotopic (exact) mass is 299 g/mol. The lowest BCUT2D eigenvalue weighted by molar-refractivity contribution is -0.141. The maximum absolute atomic E-state index is 12.5. The predicted molar refractivity (Wildman–Crippen MR) is 77.3 cm³/mol. The molecule has 0 radical (unpaired) electrons. The quantitative estimate of drug-likeness (QED) is 0.839. The molecule has 20 heavy (non-hydrogen) atoms. The van der Waals surface area contributed by atoms with Crippen LogP contribution in [0.25, 0.3) is 0 Å². The molecule has 0 aromatic rings. The highest BCUT2D eigenvalue weighted by Gasteiger charge is 2.42. The number of rotatable bonds is 5. The van der Waals surface area contributed by atoms with Crippen LogP contribution >= 0.6 is 11.8 Å². The molecule has 3 unspecified atom stereocenters. The smallest absolute Gasteiger partial charge is 0.327 e. The fourth-order valence-corrected chi connectivity index (χ4v) is 3.63. The van der Waals surface area contributed by atoms with Gasteiger partial charge < -0.3 is 10.0 Å². The predicted octanol–water partition coefficient (Wildman–Crippen LogP) is 1.97. The second kappa shape index (κ2) is 7.39. The van der Waals surface area contributed by atoms with Crippen molar-refractivity contribution in [3.8, 4) is 6.07 Å². The molecule has 1 fully saturated rings. The van der Waals surface area contributed by atoms with Gasteiger partial charge in [-0.3, -0.25) is 4.90 Å². The molecule has 0 aliphatic carbocycles. The molecule has 1 aliphatic rings. The van der Waals surface area contributed by atoms with Crippen molar-refractivity contribution < 1.29 is 14.7 Å². The topological polar surface area (TPSA) is 84.6 Å². The van der Waals surface area contributed by atoms with Crippen LogP contribution in [-0.2, 0) is 4.79 Å². The van der Waals surface area contributed by atoms with Gasteiger partial charge in [0, 0.05) is 18.8 Å². The molecular formula is C13H21N3O3S.